The summed E-state index contributed by atoms with van der Waals surface area (Å²) in [6, 6.07) is 0. The van der Waals surface area contributed by atoms with E-state index in [0.717, 1.165) is 13.2 Å². The molecule has 0 radical (unpaired) electrons. The lowest BCUT2D eigenvalue weighted by molar-refractivity contribution is -0.238. The largest absolute Gasteiger partial charge is 0.352 e. The Morgan fingerprint density at radius 1 is 1.18 bits per heavy atom. The average molecular weight is 158 g/mol. The molecular formula is C9H18O2. The van der Waals surface area contributed by atoms with Crippen LogP contribution in [0.2, 0.25) is 0 Å². The van der Waals surface area contributed by atoms with Crippen molar-refractivity contribution in [2.45, 2.75) is 34.0 Å². The SMILES string of the molecule is CC(C)C1OCC(C)(C)CO1. The lowest BCUT2D eigenvalue weighted by atomic mass is 9.95. The van der Waals surface area contributed by atoms with Crippen LogP contribution in [0.1, 0.15) is 27.7 Å². The molecule has 2 nitrogen and oxygen atoms in total. The Labute approximate surface area is 68.9 Å². The van der Waals surface area contributed by atoms with E-state index in [1.807, 2.05) is 0 Å². The van der Waals surface area contributed by atoms with Crippen LogP contribution in [0.15, 0.2) is 0 Å². The predicted octanol–water partition coefficient (Wildman–Crippen LogP) is 2.04. The summed E-state index contributed by atoms with van der Waals surface area (Å²) in [5.41, 5.74) is 0.200. The van der Waals surface area contributed by atoms with E-state index in [1.165, 1.54) is 0 Å². The summed E-state index contributed by atoms with van der Waals surface area (Å²) in [5.74, 6) is 0.464. The Bertz CT molecular complexity index is 120. The van der Waals surface area contributed by atoms with Gasteiger partial charge in [-0.1, -0.05) is 27.7 Å². The smallest absolute Gasteiger partial charge is 0.159 e. The number of rotatable bonds is 1. The van der Waals surface area contributed by atoms with E-state index in [0.29, 0.717) is 5.92 Å². The minimum Gasteiger partial charge on any atom is -0.352 e. The summed E-state index contributed by atoms with van der Waals surface area (Å²) in [6.07, 6.45) is 0.0167. The van der Waals surface area contributed by atoms with Crippen LogP contribution >= 0.6 is 0 Å². The first-order valence-electron chi connectivity index (χ1n) is 4.24. The third kappa shape index (κ3) is 2.46. The molecule has 0 aliphatic carbocycles. The standard InChI is InChI=1S/C9H18O2/c1-7(2)8-10-5-9(3,4)6-11-8/h7-8H,5-6H2,1-4H3. The molecule has 11 heavy (non-hydrogen) atoms. The fourth-order valence-electron chi connectivity index (χ4n) is 1.09. The summed E-state index contributed by atoms with van der Waals surface area (Å²) in [4.78, 5) is 0. The predicted molar refractivity (Wildman–Crippen MR) is 44.3 cm³/mol. The van der Waals surface area contributed by atoms with Crippen LogP contribution in [-0.2, 0) is 9.47 Å². The van der Waals surface area contributed by atoms with Crippen molar-refractivity contribution in [2.75, 3.05) is 13.2 Å². The van der Waals surface area contributed by atoms with Crippen LogP contribution in [0.3, 0.4) is 0 Å². The monoisotopic (exact) mass is 158 g/mol. The summed E-state index contributed by atoms with van der Waals surface area (Å²) < 4.78 is 11.1. The Kier molecular flexibility index (Phi) is 2.55. The Morgan fingerprint density at radius 2 is 1.64 bits per heavy atom. The summed E-state index contributed by atoms with van der Waals surface area (Å²) in [5, 5.41) is 0. The van der Waals surface area contributed by atoms with E-state index in [9.17, 15) is 0 Å². The molecule has 1 saturated heterocycles. The van der Waals surface area contributed by atoms with Crippen LogP contribution in [0.25, 0.3) is 0 Å². The number of ether oxygens (including phenoxy) is 2. The minimum absolute atomic E-state index is 0.0167. The maximum Gasteiger partial charge on any atom is 0.159 e. The van der Waals surface area contributed by atoms with Gasteiger partial charge in [0.2, 0.25) is 0 Å². The van der Waals surface area contributed by atoms with E-state index < -0.39 is 0 Å². The molecule has 2 heteroatoms. The summed E-state index contributed by atoms with van der Waals surface area (Å²) in [7, 11) is 0. The van der Waals surface area contributed by atoms with Crippen molar-refractivity contribution >= 4 is 0 Å². The third-order valence-electron chi connectivity index (χ3n) is 1.82. The van der Waals surface area contributed by atoms with Crippen LogP contribution in [-0.4, -0.2) is 19.5 Å². The maximum atomic E-state index is 5.53. The van der Waals surface area contributed by atoms with Gasteiger partial charge in [-0.15, -0.1) is 0 Å². The molecule has 0 saturated carbocycles. The molecule has 0 bridgehead atoms. The molecule has 0 aromatic heterocycles. The number of hydrogen-bond acceptors (Lipinski definition) is 2. The van der Waals surface area contributed by atoms with E-state index in [-0.39, 0.29) is 11.7 Å². The first kappa shape index (κ1) is 9.01. The van der Waals surface area contributed by atoms with Crippen molar-refractivity contribution in [1.29, 1.82) is 0 Å². The van der Waals surface area contributed by atoms with Gasteiger partial charge in [0.25, 0.3) is 0 Å². The van der Waals surface area contributed by atoms with Crippen molar-refractivity contribution in [3.8, 4) is 0 Å². The van der Waals surface area contributed by atoms with Crippen molar-refractivity contribution in [1.82, 2.24) is 0 Å². The second-order valence-electron chi connectivity index (χ2n) is 4.40. The molecule has 1 fully saturated rings. The molecule has 1 aliphatic rings. The third-order valence-corrected chi connectivity index (χ3v) is 1.82. The van der Waals surface area contributed by atoms with E-state index in [1.54, 1.807) is 0 Å². The lowest BCUT2D eigenvalue weighted by Gasteiger charge is -2.36. The van der Waals surface area contributed by atoms with Crippen molar-refractivity contribution in [2.24, 2.45) is 11.3 Å². The highest BCUT2D eigenvalue weighted by Crippen LogP contribution is 2.25. The van der Waals surface area contributed by atoms with Crippen LogP contribution in [0.5, 0.6) is 0 Å². The second kappa shape index (κ2) is 3.11. The molecule has 0 aromatic carbocycles. The quantitative estimate of drug-likeness (QED) is 0.581. The molecule has 0 amide bonds. The zero-order chi connectivity index (χ0) is 8.48. The summed E-state index contributed by atoms with van der Waals surface area (Å²) >= 11 is 0. The van der Waals surface area contributed by atoms with Crippen LogP contribution in [0, 0.1) is 11.3 Å². The molecule has 1 rings (SSSR count). The van der Waals surface area contributed by atoms with Gasteiger partial charge in [-0.3, -0.25) is 0 Å². The lowest BCUT2D eigenvalue weighted by Crippen LogP contribution is -2.39. The van der Waals surface area contributed by atoms with Crippen molar-refractivity contribution in [3.63, 3.8) is 0 Å². The highest BCUT2D eigenvalue weighted by molar-refractivity contribution is 4.71. The van der Waals surface area contributed by atoms with Gasteiger partial charge in [0.1, 0.15) is 0 Å². The zero-order valence-electron chi connectivity index (χ0n) is 7.89. The Hall–Kier alpha value is -0.0800. The fourth-order valence-corrected chi connectivity index (χ4v) is 1.09. The molecule has 1 heterocycles. The topological polar surface area (TPSA) is 18.5 Å². The van der Waals surface area contributed by atoms with Crippen molar-refractivity contribution < 1.29 is 9.47 Å². The molecule has 0 unspecified atom stereocenters. The Balaban J connectivity index is 2.36. The van der Waals surface area contributed by atoms with Crippen molar-refractivity contribution in [3.05, 3.63) is 0 Å². The molecule has 1 aliphatic heterocycles. The molecular weight excluding hydrogens is 140 g/mol. The van der Waals surface area contributed by atoms with E-state index >= 15 is 0 Å². The van der Waals surface area contributed by atoms with Gasteiger partial charge in [-0.2, -0.15) is 0 Å². The molecule has 0 spiro atoms. The zero-order valence-corrected chi connectivity index (χ0v) is 7.89. The van der Waals surface area contributed by atoms with Gasteiger partial charge in [0, 0.05) is 11.3 Å². The number of hydrogen-bond donors (Lipinski definition) is 0. The molecule has 0 aromatic rings. The first-order valence-corrected chi connectivity index (χ1v) is 4.24. The van der Waals surface area contributed by atoms with Gasteiger partial charge in [-0.05, 0) is 0 Å². The van der Waals surface area contributed by atoms with E-state index in [4.69, 9.17) is 9.47 Å². The van der Waals surface area contributed by atoms with Crippen LogP contribution < -0.4 is 0 Å². The van der Waals surface area contributed by atoms with Gasteiger partial charge in [-0.25, -0.2) is 0 Å². The minimum atomic E-state index is 0.0167. The molecule has 66 valence electrons. The Morgan fingerprint density at radius 3 is 2.00 bits per heavy atom. The average Bonchev–Trinajstić information content (AvgIpc) is 1.86. The highest BCUT2D eigenvalue weighted by Gasteiger charge is 2.29. The first-order chi connectivity index (χ1) is 5.01. The summed E-state index contributed by atoms with van der Waals surface area (Å²) in [6.45, 7) is 10.2. The van der Waals surface area contributed by atoms with E-state index in [2.05, 4.69) is 27.7 Å². The molecule has 0 N–H and O–H groups in total. The van der Waals surface area contributed by atoms with Gasteiger partial charge >= 0.3 is 0 Å². The van der Waals surface area contributed by atoms with Gasteiger partial charge in [0.05, 0.1) is 13.2 Å². The maximum absolute atomic E-state index is 5.53. The van der Waals surface area contributed by atoms with Crippen LogP contribution in [0.4, 0.5) is 0 Å². The second-order valence-corrected chi connectivity index (χ2v) is 4.40. The van der Waals surface area contributed by atoms with Gasteiger partial charge < -0.3 is 9.47 Å². The van der Waals surface area contributed by atoms with Gasteiger partial charge in [0.15, 0.2) is 6.29 Å². The highest BCUT2D eigenvalue weighted by atomic mass is 16.7. The normalized spacial score (nSPS) is 25.9. The fraction of sp³-hybridized carbons (Fsp3) is 1.00. The molecule has 0 atom stereocenters.